The van der Waals surface area contributed by atoms with E-state index in [1.165, 1.54) is 0 Å². The first kappa shape index (κ1) is 17.9. The molecule has 2 aromatic heterocycles. The lowest BCUT2D eigenvalue weighted by molar-refractivity contribution is -0.117. The number of pyridine rings is 1. The summed E-state index contributed by atoms with van der Waals surface area (Å²) in [5, 5.41) is 15.1. The molecule has 0 unspecified atom stereocenters. The summed E-state index contributed by atoms with van der Waals surface area (Å²) in [5.74, 6) is -0.880. The average Bonchev–Trinajstić information content (AvgIpc) is 3.06. The van der Waals surface area contributed by atoms with Gasteiger partial charge in [-0.05, 0) is 30.3 Å². The van der Waals surface area contributed by atoms with Crippen molar-refractivity contribution in [2.45, 2.75) is 6.42 Å². The number of hydrogen-bond donors (Lipinski definition) is 5. The second kappa shape index (κ2) is 7.95. The number of carbonyl (C=O) groups is 3. The summed E-state index contributed by atoms with van der Waals surface area (Å²) in [6, 6.07) is 9.61. The molecule has 0 aliphatic carbocycles. The Morgan fingerprint density at radius 2 is 1.85 bits per heavy atom. The maximum absolute atomic E-state index is 12.5. The van der Waals surface area contributed by atoms with E-state index in [4.69, 9.17) is 5.73 Å². The minimum absolute atomic E-state index is 0.0521. The summed E-state index contributed by atoms with van der Waals surface area (Å²) in [6.45, 7) is 0.137. The molecule has 0 fully saturated rings. The Morgan fingerprint density at radius 1 is 1.07 bits per heavy atom. The summed E-state index contributed by atoms with van der Waals surface area (Å²) in [7, 11) is 0. The number of fused-ring (bicyclic) bond motifs is 1. The van der Waals surface area contributed by atoms with Crippen LogP contribution in [0.3, 0.4) is 0 Å². The number of urea groups is 1. The SMILES string of the molecule is NC(=O)CCNC(=O)Nc1cccc(NC(=O)c2[nH]nc3ncccc23)c1. The van der Waals surface area contributed by atoms with Gasteiger partial charge in [-0.2, -0.15) is 5.10 Å². The van der Waals surface area contributed by atoms with Crippen LogP contribution >= 0.6 is 0 Å². The highest BCUT2D eigenvalue weighted by Gasteiger charge is 2.14. The number of benzene rings is 1. The molecule has 1 aromatic carbocycles. The Kier molecular flexibility index (Phi) is 5.26. The van der Waals surface area contributed by atoms with E-state index in [0.29, 0.717) is 28.1 Å². The Hall–Kier alpha value is -3.95. The van der Waals surface area contributed by atoms with Gasteiger partial charge in [0.1, 0.15) is 5.69 Å². The summed E-state index contributed by atoms with van der Waals surface area (Å²) in [5.41, 5.74) is 6.71. The van der Waals surface area contributed by atoms with Crippen molar-refractivity contribution >= 4 is 40.3 Å². The fraction of sp³-hybridized carbons (Fsp3) is 0.118. The highest BCUT2D eigenvalue weighted by molar-refractivity contribution is 6.10. The number of H-pyrrole nitrogens is 1. The van der Waals surface area contributed by atoms with E-state index in [-0.39, 0.29) is 18.9 Å². The molecule has 0 saturated heterocycles. The number of aromatic nitrogens is 3. The van der Waals surface area contributed by atoms with Crippen LogP contribution in [0, 0.1) is 0 Å². The number of nitrogens with two attached hydrogens (primary N) is 1. The fourth-order valence-electron chi connectivity index (χ4n) is 2.37. The van der Waals surface area contributed by atoms with E-state index in [0.717, 1.165) is 0 Å². The minimum atomic E-state index is -0.499. The average molecular weight is 367 g/mol. The number of aromatic amines is 1. The Morgan fingerprint density at radius 3 is 2.63 bits per heavy atom. The molecule has 0 saturated carbocycles. The Bertz CT molecular complexity index is 999. The van der Waals surface area contributed by atoms with Gasteiger partial charge in [0.05, 0.1) is 5.39 Å². The maximum atomic E-state index is 12.5. The number of amides is 4. The van der Waals surface area contributed by atoms with E-state index >= 15 is 0 Å². The highest BCUT2D eigenvalue weighted by atomic mass is 16.2. The van der Waals surface area contributed by atoms with Crippen LogP contribution in [0.4, 0.5) is 16.2 Å². The van der Waals surface area contributed by atoms with Crippen LogP contribution in [0.1, 0.15) is 16.9 Å². The molecule has 0 bridgehead atoms. The highest BCUT2D eigenvalue weighted by Crippen LogP contribution is 2.18. The lowest BCUT2D eigenvalue weighted by Gasteiger charge is -2.09. The molecule has 0 aliphatic rings. The van der Waals surface area contributed by atoms with Gasteiger partial charge in [-0.15, -0.1) is 0 Å². The lowest BCUT2D eigenvalue weighted by Crippen LogP contribution is -2.31. The Balaban J connectivity index is 1.64. The molecule has 6 N–H and O–H groups in total. The van der Waals surface area contributed by atoms with Crippen molar-refractivity contribution < 1.29 is 14.4 Å². The van der Waals surface area contributed by atoms with E-state index in [9.17, 15) is 14.4 Å². The predicted octanol–water partition coefficient (Wildman–Crippen LogP) is 1.21. The van der Waals surface area contributed by atoms with Crippen molar-refractivity contribution in [2.24, 2.45) is 5.73 Å². The molecule has 4 amide bonds. The number of nitrogens with one attached hydrogen (secondary N) is 4. The molecule has 27 heavy (non-hydrogen) atoms. The standard InChI is InChI=1S/C17H17N7O3/c18-13(25)6-8-20-17(27)22-11-4-1-3-10(9-11)21-16(26)14-12-5-2-7-19-15(12)24-23-14/h1-5,7,9H,6,8H2,(H2,18,25)(H,21,26)(H,19,23,24)(H2,20,22,27). The predicted molar refractivity (Wildman–Crippen MR) is 99.1 cm³/mol. The van der Waals surface area contributed by atoms with E-state index in [2.05, 4.69) is 31.1 Å². The normalized spacial score (nSPS) is 10.4. The zero-order valence-corrected chi connectivity index (χ0v) is 14.2. The number of primary amides is 1. The molecule has 0 spiro atoms. The molecule has 10 nitrogen and oxygen atoms in total. The van der Waals surface area contributed by atoms with Gasteiger partial charge >= 0.3 is 6.03 Å². The minimum Gasteiger partial charge on any atom is -0.370 e. The van der Waals surface area contributed by atoms with Gasteiger partial charge in [0.25, 0.3) is 5.91 Å². The van der Waals surface area contributed by atoms with Crippen LogP contribution in [0.2, 0.25) is 0 Å². The van der Waals surface area contributed by atoms with Crippen LogP contribution in [-0.2, 0) is 4.79 Å². The first-order valence-corrected chi connectivity index (χ1v) is 8.06. The zero-order valence-electron chi connectivity index (χ0n) is 14.2. The van der Waals surface area contributed by atoms with Gasteiger partial charge < -0.3 is 21.7 Å². The smallest absolute Gasteiger partial charge is 0.319 e. The zero-order chi connectivity index (χ0) is 19.2. The monoisotopic (exact) mass is 367 g/mol. The van der Waals surface area contributed by atoms with Crippen LogP contribution in [0.15, 0.2) is 42.6 Å². The molecule has 3 rings (SSSR count). The topological polar surface area (TPSA) is 155 Å². The van der Waals surface area contributed by atoms with Crippen molar-refractivity contribution in [3.05, 3.63) is 48.3 Å². The lowest BCUT2D eigenvalue weighted by atomic mass is 10.2. The van der Waals surface area contributed by atoms with Crippen molar-refractivity contribution in [3.63, 3.8) is 0 Å². The first-order chi connectivity index (χ1) is 13.0. The first-order valence-electron chi connectivity index (χ1n) is 8.06. The summed E-state index contributed by atoms with van der Waals surface area (Å²) in [4.78, 5) is 39.0. The van der Waals surface area contributed by atoms with Crippen LogP contribution < -0.4 is 21.7 Å². The quantitative estimate of drug-likeness (QED) is 0.443. The van der Waals surface area contributed by atoms with Gasteiger partial charge in [-0.1, -0.05) is 6.07 Å². The van der Waals surface area contributed by atoms with Crippen LogP contribution in [0.5, 0.6) is 0 Å². The van der Waals surface area contributed by atoms with Crippen molar-refractivity contribution in [2.75, 3.05) is 17.2 Å². The molecule has 0 radical (unpaired) electrons. The molecule has 10 heteroatoms. The van der Waals surface area contributed by atoms with Crippen molar-refractivity contribution in [1.82, 2.24) is 20.5 Å². The van der Waals surface area contributed by atoms with Gasteiger partial charge in [-0.25, -0.2) is 9.78 Å². The van der Waals surface area contributed by atoms with Gasteiger partial charge in [0.2, 0.25) is 5.91 Å². The molecular weight excluding hydrogens is 350 g/mol. The second-order valence-electron chi connectivity index (χ2n) is 5.61. The number of rotatable bonds is 6. The molecule has 0 atom stereocenters. The Labute approximate surface area is 153 Å². The number of nitrogens with zero attached hydrogens (tertiary/aromatic N) is 2. The van der Waals surface area contributed by atoms with Gasteiger partial charge in [0, 0.05) is 30.5 Å². The van der Waals surface area contributed by atoms with E-state index in [1.54, 1.807) is 42.6 Å². The molecular formula is C17H17N7O3. The number of anilines is 2. The molecule has 2 heterocycles. The second-order valence-corrected chi connectivity index (χ2v) is 5.61. The molecule has 0 aliphatic heterocycles. The van der Waals surface area contributed by atoms with Crippen molar-refractivity contribution in [1.29, 1.82) is 0 Å². The van der Waals surface area contributed by atoms with Gasteiger partial charge in [0.15, 0.2) is 5.65 Å². The van der Waals surface area contributed by atoms with E-state index < -0.39 is 11.9 Å². The third-order valence-electron chi connectivity index (χ3n) is 3.59. The number of carbonyl (C=O) groups excluding carboxylic acids is 3. The summed E-state index contributed by atoms with van der Waals surface area (Å²) in [6.07, 6.45) is 1.64. The van der Waals surface area contributed by atoms with Crippen LogP contribution in [-0.4, -0.2) is 39.6 Å². The van der Waals surface area contributed by atoms with Gasteiger partial charge in [-0.3, -0.25) is 14.7 Å². The molecule has 138 valence electrons. The van der Waals surface area contributed by atoms with E-state index in [1.807, 2.05) is 0 Å². The third-order valence-corrected chi connectivity index (χ3v) is 3.59. The third kappa shape index (κ3) is 4.57. The maximum Gasteiger partial charge on any atom is 0.319 e. The number of hydrogen-bond acceptors (Lipinski definition) is 5. The van der Waals surface area contributed by atoms with Crippen molar-refractivity contribution in [3.8, 4) is 0 Å². The van der Waals surface area contributed by atoms with Crippen LogP contribution in [0.25, 0.3) is 11.0 Å². The summed E-state index contributed by atoms with van der Waals surface area (Å²) < 4.78 is 0. The summed E-state index contributed by atoms with van der Waals surface area (Å²) >= 11 is 0. The fourth-order valence-corrected chi connectivity index (χ4v) is 2.37. The molecule has 3 aromatic rings. The largest absolute Gasteiger partial charge is 0.370 e.